The van der Waals surface area contributed by atoms with Crippen LogP contribution in [0.2, 0.25) is 0 Å². The summed E-state index contributed by atoms with van der Waals surface area (Å²) in [5.74, 6) is -0.842. The second-order valence-corrected chi connectivity index (χ2v) is 5.58. The number of rotatable bonds is 4. The average Bonchev–Trinajstić information content (AvgIpc) is 3.04. The lowest BCUT2D eigenvalue weighted by Gasteiger charge is -2.26. The van der Waals surface area contributed by atoms with Crippen molar-refractivity contribution in [3.63, 3.8) is 0 Å². The van der Waals surface area contributed by atoms with Crippen molar-refractivity contribution >= 4 is 5.91 Å². The number of alkyl halides is 2. The van der Waals surface area contributed by atoms with Crippen LogP contribution in [0.3, 0.4) is 0 Å². The van der Waals surface area contributed by atoms with Crippen LogP contribution in [0.4, 0.5) is 13.2 Å². The molecule has 1 saturated heterocycles. The van der Waals surface area contributed by atoms with Gasteiger partial charge < -0.3 is 9.64 Å². The first-order valence-corrected chi connectivity index (χ1v) is 7.66. The van der Waals surface area contributed by atoms with E-state index < -0.39 is 6.61 Å². The van der Waals surface area contributed by atoms with Crippen LogP contribution in [-0.4, -0.2) is 24.0 Å². The topological polar surface area (TPSA) is 29.5 Å². The highest BCUT2D eigenvalue weighted by atomic mass is 19.3. The van der Waals surface area contributed by atoms with Crippen molar-refractivity contribution in [2.75, 3.05) is 6.54 Å². The van der Waals surface area contributed by atoms with Gasteiger partial charge in [-0.25, -0.2) is 4.39 Å². The Morgan fingerprint density at radius 1 is 1.12 bits per heavy atom. The molecule has 0 aliphatic carbocycles. The number of para-hydroxylation sites is 1. The zero-order valence-corrected chi connectivity index (χ0v) is 12.8. The Morgan fingerprint density at radius 3 is 2.54 bits per heavy atom. The summed E-state index contributed by atoms with van der Waals surface area (Å²) in [6.45, 7) is -2.48. The molecule has 0 saturated carbocycles. The Kier molecular flexibility index (Phi) is 4.74. The third-order valence-corrected chi connectivity index (χ3v) is 4.10. The number of ether oxygens (including phenoxy) is 1. The summed E-state index contributed by atoms with van der Waals surface area (Å²) in [6.07, 6.45) is 1.54. The molecule has 1 aliphatic heterocycles. The van der Waals surface area contributed by atoms with Crippen LogP contribution < -0.4 is 4.74 Å². The fourth-order valence-corrected chi connectivity index (χ4v) is 3.04. The SMILES string of the molecule is O=C(c1ccccc1OC(F)F)N1CCC[C@@H]1c1ccc(F)cc1. The maximum absolute atomic E-state index is 13.1. The number of halogens is 3. The fraction of sp³-hybridized carbons (Fsp3) is 0.278. The van der Waals surface area contributed by atoms with Gasteiger partial charge in [-0.3, -0.25) is 4.79 Å². The summed E-state index contributed by atoms with van der Waals surface area (Å²) in [4.78, 5) is 14.5. The molecule has 126 valence electrons. The zero-order chi connectivity index (χ0) is 17.1. The molecule has 1 atom stereocenters. The number of hydrogen-bond donors (Lipinski definition) is 0. The molecule has 0 spiro atoms. The second-order valence-electron chi connectivity index (χ2n) is 5.58. The number of nitrogens with zero attached hydrogens (tertiary/aromatic N) is 1. The van der Waals surface area contributed by atoms with Crippen LogP contribution in [0.15, 0.2) is 48.5 Å². The average molecular weight is 335 g/mol. The summed E-state index contributed by atoms with van der Waals surface area (Å²) < 4.78 is 42.6. The van der Waals surface area contributed by atoms with Gasteiger partial charge in [-0.05, 0) is 42.7 Å². The van der Waals surface area contributed by atoms with Gasteiger partial charge in [-0.2, -0.15) is 8.78 Å². The van der Waals surface area contributed by atoms with Gasteiger partial charge in [0.2, 0.25) is 0 Å². The minimum Gasteiger partial charge on any atom is -0.434 e. The largest absolute Gasteiger partial charge is 0.434 e. The van der Waals surface area contributed by atoms with Crippen LogP contribution in [-0.2, 0) is 0 Å². The summed E-state index contributed by atoms with van der Waals surface area (Å²) in [6, 6.07) is 11.8. The smallest absolute Gasteiger partial charge is 0.387 e. The summed E-state index contributed by atoms with van der Waals surface area (Å²) in [7, 11) is 0. The Balaban J connectivity index is 1.87. The van der Waals surface area contributed by atoms with Gasteiger partial charge in [0, 0.05) is 6.54 Å². The van der Waals surface area contributed by atoms with E-state index in [1.165, 1.54) is 30.3 Å². The number of amides is 1. The second kappa shape index (κ2) is 6.95. The van der Waals surface area contributed by atoms with Gasteiger partial charge in [-0.15, -0.1) is 0 Å². The number of benzene rings is 2. The molecule has 6 heteroatoms. The Morgan fingerprint density at radius 2 is 1.83 bits per heavy atom. The van der Waals surface area contributed by atoms with Gasteiger partial charge >= 0.3 is 6.61 Å². The van der Waals surface area contributed by atoms with E-state index in [0.29, 0.717) is 6.54 Å². The van der Waals surface area contributed by atoms with Crippen LogP contribution in [0.1, 0.15) is 34.8 Å². The highest BCUT2D eigenvalue weighted by molar-refractivity contribution is 5.97. The zero-order valence-electron chi connectivity index (χ0n) is 12.8. The number of carbonyl (C=O) groups is 1. The van der Waals surface area contributed by atoms with Crippen molar-refractivity contribution in [2.24, 2.45) is 0 Å². The number of carbonyl (C=O) groups excluding carboxylic acids is 1. The third-order valence-electron chi connectivity index (χ3n) is 4.10. The van der Waals surface area contributed by atoms with E-state index in [4.69, 9.17) is 0 Å². The van der Waals surface area contributed by atoms with E-state index in [-0.39, 0.29) is 29.1 Å². The summed E-state index contributed by atoms with van der Waals surface area (Å²) >= 11 is 0. The molecule has 1 heterocycles. The normalized spacial score (nSPS) is 17.3. The molecule has 1 aliphatic rings. The van der Waals surface area contributed by atoms with E-state index >= 15 is 0 Å². The maximum Gasteiger partial charge on any atom is 0.387 e. The van der Waals surface area contributed by atoms with Gasteiger partial charge in [0.1, 0.15) is 11.6 Å². The quantitative estimate of drug-likeness (QED) is 0.828. The lowest BCUT2D eigenvalue weighted by molar-refractivity contribution is -0.0502. The molecule has 1 amide bonds. The van der Waals surface area contributed by atoms with Crippen LogP contribution >= 0.6 is 0 Å². The monoisotopic (exact) mass is 335 g/mol. The Labute approximate surface area is 137 Å². The van der Waals surface area contributed by atoms with Gasteiger partial charge in [-0.1, -0.05) is 24.3 Å². The minimum atomic E-state index is -2.99. The Bertz CT molecular complexity index is 718. The van der Waals surface area contributed by atoms with Crippen molar-refractivity contribution < 1.29 is 22.7 Å². The molecular formula is C18H16F3NO2. The van der Waals surface area contributed by atoms with Crippen LogP contribution in [0, 0.1) is 5.82 Å². The van der Waals surface area contributed by atoms with Crippen molar-refractivity contribution in [1.29, 1.82) is 0 Å². The first-order chi connectivity index (χ1) is 11.6. The van der Waals surface area contributed by atoms with Crippen molar-refractivity contribution in [1.82, 2.24) is 4.90 Å². The number of likely N-dealkylation sites (tertiary alicyclic amines) is 1. The standard InChI is InChI=1S/C18H16F3NO2/c19-13-9-7-12(8-10-13)15-5-3-11-22(15)17(23)14-4-1-2-6-16(14)24-18(20)21/h1-2,4,6-10,15,18H,3,5,11H2/t15-/m1/s1. The van der Waals surface area contributed by atoms with E-state index in [2.05, 4.69) is 4.74 Å². The molecule has 3 rings (SSSR count). The van der Waals surface area contributed by atoms with Crippen LogP contribution in [0.5, 0.6) is 5.75 Å². The molecule has 3 nitrogen and oxygen atoms in total. The third kappa shape index (κ3) is 3.37. The van der Waals surface area contributed by atoms with E-state index in [9.17, 15) is 18.0 Å². The predicted molar refractivity (Wildman–Crippen MR) is 82.5 cm³/mol. The lowest BCUT2D eigenvalue weighted by atomic mass is 10.0. The highest BCUT2D eigenvalue weighted by Crippen LogP contribution is 2.34. The van der Waals surface area contributed by atoms with E-state index in [1.807, 2.05) is 0 Å². The minimum absolute atomic E-state index is 0.104. The molecule has 2 aromatic rings. The van der Waals surface area contributed by atoms with Gasteiger partial charge in [0.15, 0.2) is 0 Å². The lowest BCUT2D eigenvalue weighted by Crippen LogP contribution is -2.31. The van der Waals surface area contributed by atoms with Crippen molar-refractivity contribution in [2.45, 2.75) is 25.5 Å². The predicted octanol–water partition coefficient (Wildman–Crippen LogP) is 4.40. The molecule has 2 aromatic carbocycles. The first-order valence-electron chi connectivity index (χ1n) is 7.66. The molecular weight excluding hydrogens is 319 g/mol. The molecule has 1 fully saturated rings. The molecule has 0 unspecified atom stereocenters. The van der Waals surface area contributed by atoms with Crippen LogP contribution in [0.25, 0.3) is 0 Å². The van der Waals surface area contributed by atoms with Gasteiger partial charge in [0.05, 0.1) is 11.6 Å². The van der Waals surface area contributed by atoms with Crippen molar-refractivity contribution in [3.8, 4) is 5.75 Å². The van der Waals surface area contributed by atoms with E-state index in [1.54, 1.807) is 23.1 Å². The molecule has 24 heavy (non-hydrogen) atoms. The molecule has 0 aromatic heterocycles. The van der Waals surface area contributed by atoms with Crippen molar-refractivity contribution in [3.05, 3.63) is 65.5 Å². The van der Waals surface area contributed by atoms with Gasteiger partial charge in [0.25, 0.3) is 5.91 Å². The maximum atomic E-state index is 13.1. The summed E-state index contributed by atoms with van der Waals surface area (Å²) in [5, 5.41) is 0. The molecule has 0 bridgehead atoms. The number of hydrogen-bond acceptors (Lipinski definition) is 2. The molecule has 0 N–H and O–H groups in total. The van der Waals surface area contributed by atoms with E-state index in [0.717, 1.165) is 18.4 Å². The summed E-state index contributed by atoms with van der Waals surface area (Å²) in [5.41, 5.74) is 0.932. The fourth-order valence-electron chi connectivity index (χ4n) is 3.04. The first kappa shape index (κ1) is 16.4. The highest BCUT2D eigenvalue weighted by Gasteiger charge is 2.32. The molecule has 0 radical (unpaired) electrons. The Hall–Kier alpha value is -2.50.